The summed E-state index contributed by atoms with van der Waals surface area (Å²) in [6.45, 7) is 0. The standard InChI is InChI=1S/C9H7BrN2/c10-8-2-1-3-9(6-8)12-5-4-11-7-12/h1-7H/i1D,2D,3D,4D,5D,6D,7D. The average Bonchev–Trinajstić information content (AvgIpc) is 2.61. The lowest BCUT2D eigenvalue weighted by molar-refractivity contribution is 1.06. The van der Waals surface area contributed by atoms with Gasteiger partial charge in [-0.05, 0) is 18.1 Å². The smallest absolute Gasteiger partial charge is 0.105 e. The third kappa shape index (κ3) is 1.41. The summed E-state index contributed by atoms with van der Waals surface area (Å²) >= 11 is 2.99. The molecule has 2 nitrogen and oxygen atoms in total. The molecule has 3 heteroatoms. The van der Waals surface area contributed by atoms with Crippen LogP contribution >= 0.6 is 15.9 Å². The summed E-state index contributed by atoms with van der Waals surface area (Å²) in [5, 5.41) is 0. The van der Waals surface area contributed by atoms with Crippen LogP contribution in [-0.4, -0.2) is 9.55 Å². The molecule has 0 bridgehead atoms. The zero-order valence-electron chi connectivity index (χ0n) is 12.8. The first kappa shape index (κ1) is 3.00. The lowest BCUT2D eigenvalue weighted by Crippen LogP contribution is -1.88. The molecule has 0 saturated carbocycles. The molecule has 12 heavy (non-hydrogen) atoms. The maximum absolute atomic E-state index is 7.87. The quantitative estimate of drug-likeness (QED) is 0.736. The van der Waals surface area contributed by atoms with Gasteiger partial charge in [-0.15, -0.1) is 0 Å². The highest BCUT2D eigenvalue weighted by atomic mass is 79.9. The molecule has 0 aliphatic carbocycles. The van der Waals surface area contributed by atoms with E-state index >= 15 is 0 Å². The topological polar surface area (TPSA) is 17.8 Å². The van der Waals surface area contributed by atoms with E-state index in [0.717, 1.165) is 4.57 Å². The largest absolute Gasteiger partial charge is 0.306 e. The van der Waals surface area contributed by atoms with Gasteiger partial charge in [-0.25, -0.2) is 4.98 Å². The average molecular weight is 230 g/mol. The van der Waals surface area contributed by atoms with Gasteiger partial charge in [0, 0.05) is 22.5 Å². The number of halogens is 1. The Hall–Kier alpha value is -1.09. The van der Waals surface area contributed by atoms with Gasteiger partial charge in [0.1, 0.15) is 1.37 Å². The zero-order valence-corrected chi connectivity index (χ0v) is 7.36. The number of hydrogen-bond acceptors (Lipinski definition) is 1. The predicted molar refractivity (Wildman–Crippen MR) is 51.3 cm³/mol. The highest BCUT2D eigenvalue weighted by Crippen LogP contribution is 2.14. The molecule has 0 fully saturated rings. The van der Waals surface area contributed by atoms with E-state index in [2.05, 4.69) is 20.9 Å². The number of rotatable bonds is 1. The summed E-state index contributed by atoms with van der Waals surface area (Å²) in [4.78, 5) is 3.47. The van der Waals surface area contributed by atoms with Crippen LogP contribution in [0, 0.1) is 0 Å². The Morgan fingerprint density at radius 3 is 3.17 bits per heavy atom. The molecule has 1 heterocycles. The van der Waals surface area contributed by atoms with Crippen LogP contribution in [0.4, 0.5) is 0 Å². The van der Waals surface area contributed by atoms with Crippen LogP contribution < -0.4 is 0 Å². The van der Waals surface area contributed by atoms with Crippen LogP contribution in [0.15, 0.2) is 47.3 Å². The summed E-state index contributed by atoms with van der Waals surface area (Å²) in [6, 6.07) is -1.46. The fraction of sp³-hybridized carbons (Fsp3) is 0. The Balaban J connectivity index is 2.91. The van der Waals surface area contributed by atoms with E-state index in [1.54, 1.807) is 0 Å². The third-order valence-corrected chi connectivity index (χ3v) is 1.57. The van der Waals surface area contributed by atoms with Crippen molar-refractivity contribution in [1.29, 1.82) is 0 Å². The number of benzene rings is 1. The van der Waals surface area contributed by atoms with E-state index in [1.165, 1.54) is 0 Å². The Labute approximate surface area is 88.8 Å². The fourth-order valence-electron chi connectivity index (χ4n) is 0.704. The van der Waals surface area contributed by atoms with Crippen LogP contribution in [0.5, 0.6) is 0 Å². The molecule has 0 atom stereocenters. The molecule has 0 radical (unpaired) electrons. The first-order valence-electron chi connectivity index (χ1n) is 6.56. The SMILES string of the molecule is [2H]c1nc([2H])n(-c2c([2H])c([2H])c([2H])c(Br)c2[2H])c1[2H]. The molecule has 0 amide bonds. The van der Waals surface area contributed by atoms with Gasteiger partial charge in [0.25, 0.3) is 0 Å². The molecule has 2 rings (SSSR count). The van der Waals surface area contributed by atoms with Gasteiger partial charge in [-0.3, -0.25) is 0 Å². The summed E-state index contributed by atoms with van der Waals surface area (Å²) in [5.74, 6) is 0. The van der Waals surface area contributed by atoms with Crippen molar-refractivity contribution in [3.05, 3.63) is 47.3 Å². The van der Waals surface area contributed by atoms with Crippen molar-refractivity contribution in [2.24, 2.45) is 0 Å². The monoisotopic (exact) mass is 229 g/mol. The number of nitrogens with zero attached hydrogens (tertiary/aromatic N) is 2. The van der Waals surface area contributed by atoms with Crippen LogP contribution in [-0.2, 0) is 0 Å². The van der Waals surface area contributed by atoms with Gasteiger partial charge in [-0.1, -0.05) is 22.0 Å². The molecule has 0 spiro atoms. The second kappa shape index (κ2) is 3.11. The van der Waals surface area contributed by atoms with E-state index in [1.807, 2.05) is 0 Å². The van der Waals surface area contributed by atoms with Crippen LogP contribution in [0.3, 0.4) is 0 Å². The second-order valence-electron chi connectivity index (χ2n) is 1.93. The minimum Gasteiger partial charge on any atom is -0.306 e. The lowest BCUT2D eigenvalue weighted by atomic mass is 10.3. The molecule has 0 aliphatic heterocycles. The minimum atomic E-state index is -0.457. The number of imidazole rings is 1. The van der Waals surface area contributed by atoms with Crippen molar-refractivity contribution < 1.29 is 9.60 Å². The van der Waals surface area contributed by atoms with E-state index < -0.39 is 30.7 Å². The predicted octanol–water partition coefficient (Wildman–Crippen LogP) is 2.63. The van der Waals surface area contributed by atoms with Crippen LogP contribution in [0.2, 0.25) is 0 Å². The first-order chi connectivity index (χ1) is 8.77. The Morgan fingerprint density at radius 2 is 2.42 bits per heavy atom. The molecular formula is C9H7BrN2. The molecular weight excluding hydrogens is 216 g/mol. The highest BCUT2D eigenvalue weighted by molar-refractivity contribution is 9.10. The summed E-state index contributed by atoms with van der Waals surface area (Å²) in [5.41, 5.74) is -0.200. The molecule has 0 N–H and O–H groups in total. The van der Waals surface area contributed by atoms with Gasteiger partial charge in [0.15, 0.2) is 0 Å². The third-order valence-electron chi connectivity index (χ3n) is 1.17. The fourth-order valence-corrected chi connectivity index (χ4v) is 0.991. The van der Waals surface area contributed by atoms with E-state index in [-0.39, 0.29) is 22.2 Å². The van der Waals surface area contributed by atoms with Crippen LogP contribution in [0.25, 0.3) is 5.69 Å². The van der Waals surface area contributed by atoms with Gasteiger partial charge in [0.2, 0.25) is 0 Å². The second-order valence-corrected chi connectivity index (χ2v) is 2.73. The van der Waals surface area contributed by atoms with Gasteiger partial charge in [-0.2, -0.15) is 0 Å². The Kier molecular flexibility index (Phi) is 0.776. The first-order valence-corrected chi connectivity index (χ1v) is 3.85. The number of aromatic nitrogens is 2. The summed E-state index contributed by atoms with van der Waals surface area (Å²) in [7, 11) is 0. The minimum absolute atomic E-state index is 0.00234. The maximum Gasteiger partial charge on any atom is 0.105 e. The van der Waals surface area contributed by atoms with Crippen LogP contribution in [0.1, 0.15) is 9.60 Å². The molecule has 2 aromatic rings. The molecule has 0 aliphatic rings. The van der Waals surface area contributed by atoms with Crippen molar-refractivity contribution in [2.75, 3.05) is 0 Å². The van der Waals surface area contributed by atoms with Crippen molar-refractivity contribution >= 4 is 15.9 Å². The Bertz CT molecular complexity index is 653. The maximum atomic E-state index is 7.87. The molecule has 1 aromatic carbocycles. The van der Waals surface area contributed by atoms with Gasteiger partial charge >= 0.3 is 0 Å². The highest BCUT2D eigenvalue weighted by Gasteiger charge is 1.94. The molecule has 60 valence electrons. The van der Waals surface area contributed by atoms with Crippen molar-refractivity contribution in [1.82, 2.24) is 9.55 Å². The summed E-state index contributed by atoms with van der Waals surface area (Å²) in [6.07, 6.45) is -1.33. The van der Waals surface area contributed by atoms with Crippen molar-refractivity contribution in [3.8, 4) is 5.69 Å². The van der Waals surface area contributed by atoms with Gasteiger partial charge in [0.05, 0.1) is 14.5 Å². The normalized spacial score (nSPS) is 18.2. The molecule has 1 aromatic heterocycles. The van der Waals surface area contributed by atoms with Crippen molar-refractivity contribution in [2.45, 2.75) is 0 Å². The van der Waals surface area contributed by atoms with E-state index in [0.29, 0.717) is 0 Å². The lowest BCUT2D eigenvalue weighted by Gasteiger charge is -2.00. The molecule has 0 unspecified atom stereocenters. The van der Waals surface area contributed by atoms with E-state index in [4.69, 9.17) is 9.60 Å². The zero-order chi connectivity index (χ0) is 14.5. The number of hydrogen-bond donors (Lipinski definition) is 0. The molecule has 0 saturated heterocycles. The Morgan fingerprint density at radius 1 is 1.50 bits per heavy atom. The van der Waals surface area contributed by atoms with E-state index in [9.17, 15) is 0 Å². The van der Waals surface area contributed by atoms with Crippen molar-refractivity contribution in [3.63, 3.8) is 0 Å². The van der Waals surface area contributed by atoms with Gasteiger partial charge < -0.3 is 4.57 Å². The summed E-state index contributed by atoms with van der Waals surface area (Å²) < 4.78 is 54.3.